The molecule has 0 spiro atoms. The molecule has 0 bridgehead atoms. The lowest BCUT2D eigenvalue weighted by Gasteiger charge is -2.14. The van der Waals surface area contributed by atoms with E-state index in [9.17, 15) is 4.79 Å². The second-order valence-corrected chi connectivity index (χ2v) is 6.04. The molecule has 0 amide bonds. The Morgan fingerprint density at radius 3 is 2.81 bits per heavy atom. The van der Waals surface area contributed by atoms with Gasteiger partial charge in [0.1, 0.15) is 12.2 Å². The van der Waals surface area contributed by atoms with Gasteiger partial charge in [0.15, 0.2) is 5.75 Å². The van der Waals surface area contributed by atoms with Crippen LogP contribution in [0.1, 0.15) is 19.4 Å². The number of hydrogen-bond acceptors (Lipinski definition) is 6. The normalized spacial score (nSPS) is 11.2. The zero-order valence-corrected chi connectivity index (χ0v) is 13.5. The van der Waals surface area contributed by atoms with E-state index in [-0.39, 0.29) is 6.42 Å². The summed E-state index contributed by atoms with van der Waals surface area (Å²) in [5.74, 6) is -0.276. The maximum atomic E-state index is 10.8. The van der Waals surface area contributed by atoms with Crippen molar-refractivity contribution in [2.24, 2.45) is 0 Å². The van der Waals surface area contributed by atoms with Crippen molar-refractivity contribution >= 4 is 39.6 Å². The summed E-state index contributed by atoms with van der Waals surface area (Å²) in [6, 6.07) is 5.53. The summed E-state index contributed by atoms with van der Waals surface area (Å²) in [6.45, 7) is 5.79. The number of aliphatic carboxylic acids is 1. The molecule has 1 N–H and O–H groups in total. The van der Waals surface area contributed by atoms with Crippen LogP contribution in [0.4, 0.5) is 0 Å². The van der Waals surface area contributed by atoms with Crippen LogP contribution in [0.25, 0.3) is 10.1 Å². The molecule has 0 aliphatic carbocycles. The van der Waals surface area contributed by atoms with Gasteiger partial charge in [-0.1, -0.05) is 18.2 Å². The minimum absolute atomic E-state index is 0.0124. The van der Waals surface area contributed by atoms with E-state index in [0.717, 1.165) is 41.0 Å². The second-order valence-electron chi connectivity index (χ2n) is 4.33. The third-order valence-corrected chi connectivity index (χ3v) is 4.81. The lowest BCUT2D eigenvalue weighted by molar-refractivity contribution is -0.136. The van der Waals surface area contributed by atoms with Crippen LogP contribution < -0.4 is 4.89 Å². The van der Waals surface area contributed by atoms with E-state index in [2.05, 4.69) is 0 Å². The molecule has 1 aromatic heterocycles. The SMILES string of the molecule is CCN(CC)SOOc1ccc2scc(CC(=O)O)c2c1. The van der Waals surface area contributed by atoms with Crippen LogP contribution in [-0.2, 0) is 15.5 Å². The highest BCUT2D eigenvalue weighted by molar-refractivity contribution is 7.92. The second kappa shape index (κ2) is 7.65. The summed E-state index contributed by atoms with van der Waals surface area (Å²) in [6.07, 6.45) is 0.0124. The number of carboxylic acids is 1. The minimum Gasteiger partial charge on any atom is -0.481 e. The summed E-state index contributed by atoms with van der Waals surface area (Å²) in [5, 5.41) is 11.7. The molecular formula is C14H17NO4S2. The van der Waals surface area contributed by atoms with Gasteiger partial charge in [0.2, 0.25) is 0 Å². The molecular weight excluding hydrogens is 310 g/mol. The van der Waals surface area contributed by atoms with E-state index in [1.165, 1.54) is 11.3 Å². The van der Waals surface area contributed by atoms with Crippen LogP contribution in [0.5, 0.6) is 5.75 Å². The average Bonchev–Trinajstić information content (AvgIpc) is 2.85. The first kappa shape index (κ1) is 16.1. The van der Waals surface area contributed by atoms with Crippen molar-refractivity contribution in [3.63, 3.8) is 0 Å². The van der Waals surface area contributed by atoms with Crippen molar-refractivity contribution in [2.45, 2.75) is 20.3 Å². The largest absolute Gasteiger partial charge is 0.481 e. The van der Waals surface area contributed by atoms with Gasteiger partial charge in [-0.05, 0) is 29.1 Å². The van der Waals surface area contributed by atoms with Gasteiger partial charge < -0.3 is 9.99 Å². The predicted octanol–water partition coefficient (Wildman–Crippen LogP) is 3.74. The van der Waals surface area contributed by atoms with Crippen molar-refractivity contribution in [1.82, 2.24) is 4.31 Å². The fourth-order valence-corrected chi connectivity index (χ4v) is 3.19. The summed E-state index contributed by atoms with van der Waals surface area (Å²) in [5.41, 5.74) is 0.796. The molecule has 0 aliphatic heterocycles. The molecule has 0 radical (unpaired) electrons. The van der Waals surface area contributed by atoms with Crippen LogP contribution >= 0.6 is 23.6 Å². The van der Waals surface area contributed by atoms with Gasteiger partial charge >= 0.3 is 5.97 Å². The Hall–Kier alpha value is -1.28. The molecule has 1 heterocycles. The van der Waals surface area contributed by atoms with Crippen LogP contribution in [0.3, 0.4) is 0 Å². The molecule has 0 fully saturated rings. The first-order valence-electron chi connectivity index (χ1n) is 6.62. The Balaban J connectivity index is 2.05. The summed E-state index contributed by atoms with van der Waals surface area (Å²) >= 11 is 2.69. The van der Waals surface area contributed by atoms with Crippen LogP contribution in [0.15, 0.2) is 23.6 Å². The number of benzene rings is 1. The Kier molecular flexibility index (Phi) is 5.86. The van der Waals surface area contributed by atoms with Crippen molar-refractivity contribution in [2.75, 3.05) is 13.1 Å². The molecule has 2 aromatic rings. The van der Waals surface area contributed by atoms with Crippen LogP contribution in [0, 0.1) is 0 Å². The lowest BCUT2D eigenvalue weighted by Crippen LogP contribution is -2.15. The zero-order valence-electron chi connectivity index (χ0n) is 11.9. The number of thiophene rings is 1. The fourth-order valence-electron chi connectivity index (χ4n) is 1.84. The Morgan fingerprint density at radius 2 is 2.14 bits per heavy atom. The van der Waals surface area contributed by atoms with Gasteiger partial charge in [-0.15, -0.1) is 11.3 Å². The van der Waals surface area contributed by atoms with Crippen molar-refractivity contribution < 1.29 is 19.1 Å². The predicted molar refractivity (Wildman–Crippen MR) is 85.4 cm³/mol. The number of rotatable bonds is 8. The molecule has 114 valence electrons. The van der Waals surface area contributed by atoms with Gasteiger partial charge in [0.05, 0.1) is 6.42 Å². The van der Waals surface area contributed by atoms with E-state index < -0.39 is 5.97 Å². The summed E-state index contributed by atoms with van der Waals surface area (Å²) in [4.78, 5) is 16.1. The third-order valence-electron chi connectivity index (χ3n) is 2.94. The van der Waals surface area contributed by atoms with E-state index >= 15 is 0 Å². The summed E-state index contributed by atoms with van der Waals surface area (Å²) in [7, 11) is 0. The highest BCUT2D eigenvalue weighted by atomic mass is 32.2. The Labute approximate surface area is 131 Å². The zero-order chi connectivity index (χ0) is 15.2. The van der Waals surface area contributed by atoms with Crippen LogP contribution in [-0.4, -0.2) is 28.5 Å². The van der Waals surface area contributed by atoms with Gasteiger partial charge in [-0.3, -0.25) is 4.79 Å². The molecule has 1 aromatic carbocycles. The lowest BCUT2D eigenvalue weighted by atomic mass is 10.1. The molecule has 7 heteroatoms. The maximum absolute atomic E-state index is 10.8. The van der Waals surface area contributed by atoms with E-state index in [0.29, 0.717) is 5.75 Å². The van der Waals surface area contributed by atoms with Crippen molar-refractivity contribution in [3.05, 3.63) is 29.1 Å². The van der Waals surface area contributed by atoms with Gasteiger partial charge in [0.25, 0.3) is 0 Å². The standard InChI is InChI=1S/C14H17NO4S2/c1-3-15(4-2)21-19-18-11-5-6-13-12(8-11)10(9-20-13)7-14(16)17/h5-6,8-9H,3-4,7H2,1-2H3,(H,16,17). The Bertz CT molecular complexity index is 610. The number of nitrogens with zero attached hydrogens (tertiary/aromatic N) is 1. The van der Waals surface area contributed by atoms with E-state index in [4.69, 9.17) is 14.3 Å². The monoisotopic (exact) mass is 327 g/mol. The average molecular weight is 327 g/mol. The smallest absolute Gasteiger partial charge is 0.307 e. The fraction of sp³-hybridized carbons (Fsp3) is 0.357. The molecule has 2 rings (SSSR count). The number of carbonyl (C=O) groups is 1. The van der Waals surface area contributed by atoms with E-state index in [1.54, 1.807) is 0 Å². The number of hydrogen-bond donors (Lipinski definition) is 1. The Morgan fingerprint density at radius 1 is 1.38 bits per heavy atom. The molecule has 0 unspecified atom stereocenters. The maximum Gasteiger partial charge on any atom is 0.307 e. The summed E-state index contributed by atoms with van der Waals surface area (Å²) < 4.78 is 8.18. The minimum atomic E-state index is -0.839. The quantitative estimate of drug-likeness (QED) is 0.345. The van der Waals surface area contributed by atoms with Gasteiger partial charge in [-0.2, -0.15) is 0 Å². The van der Waals surface area contributed by atoms with Crippen molar-refractivity contribution in [1.29, 1.82) is 0 Å². The molecule has 0 atom stereocenters. The molecule has 0 saturated carbocycles. The molecule has 0 aliphatic rings. The van der Waals surface area contributed by atoms with E-state index in [1.807, 2.05) is 41.7 Å². The third kappa shape index (κ3) is 4.34. The topological polar surface area (TPSA) is 59.0 Å². The van der Waals surface area contributed by atoms with Gasteiger partial charge in [-0.25, -0.2) is 4.31 Å². The number of carboxylic acid groups (broad SMARTS) is 1. The first-order valence-corrected chi connectivity index (χ1v) is 8.20. The molecule has 21 heavy (non-hydrogen) atoms. The van der Waals surface area contributed by atoms with Crippen LogP contribution in [0.2, 0.25) is 0 Å². The first-order chi connectivity index (χ1) is 10.1. The highest BCUT2D eigenvalue weighted by Crippen LogP contribution is 2.30. The molecule has 0 saturated heterocycles. The van der Waals surface area contributed by atoms with Crippen molar-refractivity contribution in [3.8, 4) is 5.75 Å². The number of fused-ring (bicyclic) bond motifs is 1. The highest BCUT2D eigenvalue weighted by Gasteiger charge is 2.10. The molecule has 5 nitrogen and oxygen atoms in total. The van der Waals surface area contributed by atoms with Gasteiger partial charge in [0, 0.05) is 23.2 Å².